The first kappa shape index (κ1) is 22.6. The predicted octanol–water partition coefficient (Wildman–Crippen LogP) is 6.70. The van der Waals surface area contributed by atoms with Crippen molar-refractivity contribution in [1.29, 1.82) is 0 Å². The Bertz CT molecular complexity index is 672. The van der Waals surface area contributed by atoms with Gasteiger partial charge in [-0.1, -0.05) is 13.8 Å². The molecule has 4 aliphatic rings. The summed E-state index contributed by atoms with van der Waals surface area (Å²) in [4.78, 5) is 11.3. The molecular weight excluding hydrogens is 389 g/mol. The number of carbonyl (C=O) groups is 1. The van der Waals surface area contributed by atoms with Crippen molar-refractivity contribution < 1.29 is 23.1 Å². The van der Waals surface area contributed by atoms with E-state index in [1.54, 1.807) is 0 Å². The van der Waals surface area contributed by atoms with E-state index in [1.807, 2.05) is 6.92 Å². The van der Waals surface area contributed by atoms with Crippen LogP contribution in [0.4, 0.5) is 13.2 Å². The van der Waals surface area contributed by atoms with Gasteiger partial charge in [-0.3, -0.25) is 4.79 Å². The minimum Gasteiger partial charge on any atom is -0.390 e. The van der Waals surface area contributed by atoms with Crippen LogP contribution in [-0.2, 0) is 4.79 Å². The maximum atomic E-state index is 12.5. The molecule has 0 aromatic heterocycles. The minimum absolute atomic E-state index is 0.228. The number of carbonyl (C=O) groups excluding carboxylic acids is 1. The number of ketones is 1. The molecule has 0 amide bonds. The number of rotatable bonds is 4. The zero-order valence-corrected chi connectivity index (χ0v) is 18.9. The number of aliphatic hydroxyl groups is 1. The first-order chi connectivity index (χ1) is 13.9. The molecular formula is C25H39F3O2. The van der Waals surface area contributed by atoms with Gasteiger partial charge in [0.1, 0.15) is 0 Å². The maximum absolute atomic E-state index is 12.5. The molecule has 1 N–H and O–H groups in total. The molecule has 5 heteroatoms. The van der Waals surface area contributed by atoms with Crippen molar-refractivity contribution in [3.63, 3.8) is 0 Å². The molecule has 4 saturated carbocycles. The first-order valence-electron chi connectivity index (χ1n) is 12.2. The standard InChI is InChI=1S/C25H39F3O2/c1-22(30)13-14-24(3)17(15-22)7-9-18-19-10-8-16(23(19,2)12-11-20(18)24)5-4-6-21(29)25(26,27)28/h16-20,30H,4-15H2,1-3H3/t16?,17?,18?,19?,20?,22-,23?,24?/m0/s1. The normalized spacial score (nSPS) is 48.6. The highest BCUT2D eigenvalue weighted by atomic mass is 19.4. The molecule has 0 aromatic rings. The lowest BCUT2D eigenvalue weighted by Gasteiger charge is -2.62. The van der Waals surface area contributed by atoms with Gasteiger partial charge in [-0.15, -0.1) is 0 Å². The van der Waals surface area contributed by atoms with Crippen molar-refractivity contribution in [3.8, 4) is 0 Å². The van der Waals surface area contributed by atoms with E-state index in [4.69, 9.17) is 0 Å². The van der Waals surface area contributed by atoms with Crippen molar-refractivity contribution in [2.24, 2.45) is 40.4 Å². The van der Waals surface area contributed by atoms with Crippen LogP contribution in [0.2, 0.25) is 0 Å². The lowest BCUT2D eigenvalue weighted by molar-refractivity contribution is -0.171. The fourth-order valence-electron chi connectivity index (χ4n) is 8.66. The second kappa shape index (κ2) is 7.49. The summed E-state index contributed by atoms with van der Waals surface area (Å²) in [6.45, 7) is 6.89. The van der Waals surface area contributed by atoms with Crippen molar-refractivity contribution in [3.05, 3.63) is 0 Å². The van der Waals surface area contributed by atoms with Gasteiger partial charge < -0.3 is 5.11 Å². The van der Waals surface area contributed by atoms with Crippen LogP contribution in [0.5, 0.6) is 0 Å². The van der Waals surface area contributed by atoms with Crippen LogP contribution in [0.1, 0.15) is 97.8 Å². The number of hydrogen-bond donors (Lipinski definition) is 1. The number of halogens is 3. The summed E-state index contributed by atoms with van der Waals surface area (Å²) in [6, 6.07) is 0. The molecule has 2 nitrogen and oxygen atoms in total. The molecule has 0 heterocycles. The average molecular weight is 429 g/mol. The third-order valence-corrected chi connectivity index (χ3v) is 10.4. The van der Waals surface area contributed by atoms with Gasteiger partial charge in [0.25, 0.3) is 0 Å². The monoisotopic (exact) mass is 428 g/mol. The third-order valence-electron chi connectivity index (χ3n) is 10.4. The second-order valence-corrected chi connectivity index (χ2v) is 12.0. The van der Waals surface area contributed by atoms with Crippen molar-refractivity contribution in [2.45, 2.75) is 110 Å². The molecule has 0 bridgehead atoms. The Morgan fingerprint density at radius 3 is 2.33 bits per heavy atom. The van der Waals surface area contributed by atoms with Crippen LogP contribution in [0.25, 0.3) is 0 Å². The highest BCUT2D eigenvalue weighted by Crippen LogP contribution is 2.68. The van der Waals surface area contributed by atoms with Gasteiger partial charge in [-0.25, -0.2) is 0 Å². The van der Waals surface area contributed by atoms with Gasteiger partial charge in [-0.05, 0) is 118 Å². The molecule has 4 aliphatic carbocycles. The van der Waals surface area contributed by atoms with Crippen LogP contribution in [-0.4, -0.2) is 22.7 Å². The first-order valence-corrected chi connectivity index (χ1v) is 12.2. The highest BCUT2D eigenvalue weighted by Gasteiger charge is 2.60. The number of alkyl halides is 3. The summed E-state index contributed by atoms with van der Waals surface area (Å²) >= 11 is 0. The van der Waals surface area contributed by atoms with Crippen LogP contribution < -0.4 is 0 Å². The molecule has 30 heavy (non-hydrogen) atoms. The van der Waals surface area contributed by atoms with Crippen molar-refractivity contribution >= 4 is 5.78 Å². The van der Waals surface area contributed by atoms with E-state index in [0.29, 0.717) is 29.6 Å². The summed E-state index contributed by atoms with van der Waals surface area (Å²) in [5.41, 5.74) is 0.0575. The van der Waals surface area contributed by atoms with Gasteiger partial charge in [-0.2, -0.15) is 13.2 Å². The third kappa shape index (κ3) is 3.75. The maximum Gasteiger partial charge on any atom is 0.449 e. The van der Waals surface area contributed by atoms with E-state index in [-0.39, 0.29) is 11.8 Å². The van der Waals surface area contributed by atoms with Gasteiger partial charge in [0.15, 0.2) is 0 Å². The van der Waals surface area contributed by atoms with Crippen LogP contribution >= 0.6 is 0 Å². The Balaban J connectivity index is 1.42. The predicted molar refractivity (Wildman–Crippen MR) is 111 cm³/mol. The second-order valence-electron chi connectivity index (χ2n) is 12.0. The van der Waals surface area contributed by atoms with E-state index >= 15 is 0 Å². The molecule has 8 atom stereocenters. The van der Waals surface area contributed by atoms with Gasteiger partial charge in [0.2, 0.25) is 5.78 Å². The molecule has 0 radical (unpaired) electrons. The summed E-state index contributed by atoms with van der Waals surface area (Å²) < 4.78 is 37.6. The topological polar surface area (TPSA) is 37.3 Å². The van der Waals surface area contributed by atoms with Gasteiger partial charge in [0.05, 0.1) is 5.60 Å². The lowest BCUT2D eigenvalue weighted by Crippen LogP contribution is -2.55. The molecule has 7 unspecified atom stereocenters. The van der Waals surface area contributed by atoms with Gasteiger partial charge in [0, 0.05) is 6.42 Å². The number of hydrogen-bond acceptors (Lipinski definition) is 2. The minimum atomic E-state index is -4.68. The van der Waals surface area contributed by atoms with E-state index in [0.717, 1.165) is 43.9 Å². The number of Topliss-reactive ketones (excluding diaryl/α,β-unsaturated/α-hetero) is 1. The zero-order chi connectivity index (χ0) is 21.9. The summed E-state index contributed by atoms with van der Waals surface area (Å²) in [5, 5.41) is 10.6. The summed E-state index contributed by atoms with van der Waals surface area (Å²) in [7, 11) is 0. The van der Waals surface area contributed by atoms with E-state index < -0.39 is 17.6 Å². The van der Waals surface area contributed by atoms with Crippen molar-refractivity contribution in [1.82, 2.24) is 0 Å². The quantitative estimate of drug-likeness (QED) is 0.541. The smallest absolute Gasteiger partial charge is 0.390 e. The average Bonchev–Trinajstić information content (AvgIpc) is 2.98. The lowest BCUT2D eigenvalue weighted by atomic mass is 9.44. The van der Waals surface area contributed by atoms with Crippen molar-refractivity contribution in [2.75, 3.05) is 0 Å². The Morgan fingerprint density at radius 2 is 1.63 bits per heavy atom. The Kier molecular flexibility index (Phi) is 5.64. The zero-order valence-electron chi connectivity index (χ0n) is 18.9. The fourth-order valence-corrected chi connectivity index (χ4v) is 8.66. The Labute approximate surface area is 179 Å². The van der Waals surface area contributed by atoms with Crippen LogP contribution in [0.15, 0.2) is 0 Å². The molecule has 0 saturated heterocycles. The fraction of sp³-hybridized carbons (Fsp3) is 0.960. The molecule has 172 valence electrons. The summed E-state index contributed by atoms with van der Waals surface area (Å²) in [5.74, 6) is 1.66. The molecule has 0 aromatic carbocycles. The van der Waals surface area contributed by atoms with E-state index in [9.17, 15) is 23.1 Å². The molecule has 0 aliphatic heterocycles. The Hall–Kier alpha value is -0.580. The molecule has 4 fully saturated rings. The van der Waals surface area contributed by atoms with E-state index in [1.165, 1.54) is 32.1 Å². The van der Waals surface area contributed by atoms with Crippen LogP contribution in [0, 0.1) is 40.4 Å². The highest BCUT2D eigenvalue weighted by molar-refractivity contribution is 5.83. The van der Waals surface area contributed by atoms with Crippen LogP contribution in [0.3, 0.4) is 0 Å². The molecule has 4 rings (SSSR count). The number of fused-ring (bicyclic) bond motifs is 5. The molecule has 0 spiro atoms. The SMILES string of the molecule is CC12CCC3C(CCC4C[C@@](C)(O)CCC43C)C1CCC2CCCC(=O)C(F)(F)F. The van der Waals surface area contributed by atoms with Gasteiger partial charge >= 0.3 is 6.18 Å². The summed E-state index contributed by atoms with van der Waals surface area (Å²) in [6.07, 6.45) is 6.23. The van der Waals surface area contributed by atoms with E-state index in [2.05, 4.69) is 13.8 Å². The Morgan fingerprint density at radius 1 is 0.933 bits per heavy atom. The largest absolute Gasteiger partial charge is 0.449 e.